The lowest BCUT2D eigenvalue weighted by Gasteiger charge is -2.25. The van der Waals surface area contributed by atoms with Crippen LogP contribution in [-0.2, 0) is 19.5 Å². The SMILES string of the molecule is O=C(O)C1C=CC=CN1C(=O)CCCCCCCNCOOO. The number of carboxylic acid groups (broad SMARTS) is 1. The molecule has 0 aromatic carbocycles. The van der Waals surface area contributed by atoms with Crippen LogP contribution in [-0.4, -0.2) is 46.5 Å². The summed E-state index contributed by atoms with van der Waals surface area (Å²) in [6, 6.07) is -0.899. The highest BCUT2D eigenvalue weighted by Gasteiger charge is 2.26. The largest absolute Gasteiger partial charge is 0.479 e. The number of aliphatic carboxylic acids is 1. The second kappa shape index (κ2) is 11.8. The maximum absolute atomic E-state index is 12.1. The van der Waals surface area contributed by atoms with E-state index < -0.39 is 12.0 Å². The molecule has 130 valence electrons. The van der Waals surface area contributed by atoms with Crippen molar-refractivity contribution in [2.45, 2.75) is 44.6 Å². The van der Waals surface area contributed by atoms with Crippen molar-refractivity contribution in [3.63, 3.8) is 0 Å². The Balaban J connectivity index is 2.07. The van der Waals surface area contributed by atoms with Crippen molar-refractivity contribution in [1.29, 1.82) is 0 Å². The topological polar surface area (TPSA) is 108 Å². The summed E-state index contributed by atoms with van der Waals surface area (Å²) < 4.78 is 0. The minimum atomic E-state index is -1.03. The summed E-state index contributed by atoms with van der Waals surface area (Å²) in [5, 5.41) is 23.4. The monoisotopic (exact) mass is 328 g/mol. The number of carbonyl (C=O) groups excluding carboxylic acids is 1. The van der Waals surface area contributed by atoms with Gasteiger partial charge in [-0.25, -0.2) is 10.1 Å². The lowest BCUT2D eigenvalue weighted by Crippen LogP contribution is -2.41. The first-order chi connectivity index (χ1) is 11.2. The molecule has 0 aromatic rings. The fraction of sp³-hybridized carbons (Fsp3) is 0.600. The Bertz CT molecular complexity index is 424. The van der Waals surface area contributed by atoms with E-state index >= 15 is 0 Å². The van der Waals surface area contributed by atoms with E-state index in [1.807, 2.05) is 0 Å². The molecule has 1 aliphatic heterocycles. The average molecular weight is 328 g/mol. The van der Waals surface area contributed by atoms with Crippen LogP contribution in [0.1, 0.15) is 38.5 Å². The molecule has 0 radical (unpaired) electrons. The molecule has 1 amide bonds. The highest BCUT2D eigenvalue weighted by atomic mass is 17.5. The van der Waals surface area contributed by atoms with E-state index in [-0.39, 0.29) is 12.6 Å². The number of hydrogen-bond donors (Lipinski definition) is 3. The van der Waals surface area contributed by atoms with Crippen LogP contribution in [0.25, 0.3) is 0 Å². The van der Waals surface area contributed by atoms with E-state index in [0.29, 0.717) is 6.42 Å². The molecule has 0 spiro atoms. The molecule has 23 heavy (non-hydrogen) atoms. The first-order valence-corrected chi connectivity index (χ1v) is 7.69. The Hall–Kier alpha value is -1.74. The third-order valence-electron chi connectivity index (χ3n) is 3.45. The number of rotatable bonds is 12. The van der Waals surface area contributed by atoms with Gasteiger partial charge in [0.2, 0.25) is 5.91 Å². The lowest BCUT2D eigenvalue weighted by atomic mass is 10.1. The highest BCUT2D eigenvalue weighted by molar-refractivity contribution is 5.86. The molecule has 0 aliphatic carbocycles. The van der Waals surface area contributed by atoms with Gasteiger partial charge < -0.3 is 10.0 Å². The van der Waals surface area contributed by atoms with Gasteiger partial charge in [-0.3, -0.25) is 10.1 Å². The molecule has 3 N–H and O–H groups in total. The number of hydrogen-bond acceptors (Lipinski definition) is 6. The summed E-state index contributed by atoms with van der Waals surface area (Å²) >= 11 is 0. The minimum Gasteiger partial charge on any atom is -0.479 e. The van der Waals surface area contributed by atoms with E-state index in [1.165, 1.54) is 17.2 Å². The van der Waals surface area contributed by atoms with Gasteiger partial charge in [0.25, 0.3) is 0 Å². The van der Waals surface area contributed by atoms with Crippen molar-refractivity contribution in [1.82, 2.24) is 10.2 Å². The average Bonchev–Trinajstić information content (AvgIpc) is 2.56. The number of carboxylic acids is 1. The van der Waals surface area contributed by atoms with Gasteiger partial charge in [0.1, 0.15) is 6.73 Å². The Labute approximate surface area is 135 Å². The van der Waals surface area contributed by atoms with Crippen molar-refractivity contribution in [2.75, 3.05) is 13.3 Å². The fourth-order valence-corrected chi connectivity index (χ4v) is 2.26. The van der Waals surface area contributed by atoms with Crippen LogP contribution >= 0.6 is 0 Å². The molecule has 0 aromatic heterocycles. The predicted molar refractivity (Wildman–Crippen MR) is 81.9 cm³/mol. The van der Waals surface area contributed by atoms with Gasteiger partial charge in [-0.2, -0.15) is 4.89 Å². The van der Waals surface area contributed by atoms with Crippen LogP contribution in [0.4, 0.5) is 0 Å². The second-order valence-electron chi connectivity index (χ2n) is 5.16. The molecule has 8 heteroatoms. The summed E-state index contributed by atoms with van der Waals surface area (Å²) in [7, 11) is 0. The van der Waals surface area contributed by atoms with Crippen molar-refractivity contribution in [2.24, 2.45) is 0 Å². The molecule has 1 aliphatic rings. The fourth-order valence-electron chi connectivity index (χ4n) is 2.26. The zero-order valence-corrected chi connectivity index (χ0v) is 13.0. The van der Waals surface area contributed by atoms with Gasteiger partial charge in [-0.1, -0.05) is 36.5 Å². The standard InChI is InChI=1S/C15H24N2O6/c18-14(17-11-7-5-8-13(17)15(19)20)9-4-2-1-3-6-10-16-12-22-23-21/h5,7-8,11,13,16,21H,1-4,6,9-10,12H2,(H,19,20). The van der Waals surface area contributed by atoms with Crippen LogP contribution in [0.2, 0.25) is 0 Å². The molecule has 0 saturated heterocycles. The summed E-state index contributed by atoms with van der Waals surface area (Å²) in [5.41, 5.74) is 0. The summed E-state index contributed by atoms with van der Waals surface area (Å²) in [6.45, 7) is 0.890. The molecule has 1 unspecified atom stereocenters. The van der Waals surface area contributed by atoms with E-state index in [4.69, 9.17) is 10.4 Å². The number of carbonyl (C=O) groups is 2. The Morgan fingerprint density at radius 2 is 1.87 bits per heavy atom. The normalized spacial score (nSPS) is 16.7. The molecule has 1 heterocycles. The Morgan fingerprint density at radius 3 is 2.61 bits per heavy atom. The van der Waals surface area contributed by atoms with E-state index in [2.05, 4.69) is 15.2 Å². The molecule has 1 rings (SSSR count). The van der Waals surface area contributed by atoms with Gasteiger partial charge in [0.05, 0.1) is 0 Å². The van der Waals surface area contributed by atoms with Crippen LogP contribution in [0.15, 0.2) is 24.4 Å². The first kappa shape index (κ1) is 19.3. The Kier molecular flexibility index (Phi) is 9.89. The predicted octanol–water partition coefficient (Wildman–Crippen LogP) is 1.66. The summed E-state index contributed by atoms with van der Waals surface area (Å²) in [6.07, 6.45) is 11.3. The second-order valence-corrected chi connectivity index (χ2v) is 5.16. The van der Waals surface area contributed by atoms with Crippen molar-refractivity contribution >= 4 is 11.9 Å². The quantitative estimate of drug-likeness (QED) is 0.216. The van der Waals surface area contributed by atoms with Crippen LogP contribution < -0.4 is 5.32 Å². The van der Waals surface area contributed by atoms with Gasteiger partial charge in [-0.05, 0) is 25.5 Å². The van der Waals surface area contributed by atoms with E-state index in [9.17, 15) is 9.59 Å². The molecule has 0 saturated carbocycles. The number of unbranched alkanes of at least 4 members (excludes halogenated alkanes) is 4. The maximum atomic E-state index is 12.1. The highest BCUT2D eigenvalue weighted by Crippen LogP contribution is 2.13. The molecule has 0 fully saturated rings. The smallest absolute Gasteiger partial charge is 0.330 e. The Morgan fingerprint density at radius 1 is 1.13 bits per heavy atom. The number of amides is 1. The third kappa shape index (κ3) is 7.89. The van der Waals surface area contributed by atoms with Crippen molar-refractivity contribution in [3.05, 3.63) is 24.4 Å². The molecular formula is C15H24N2O6. The third-order valence-corrected chi connectivity index (χ3v) is 3.45. The molecule has 1 atom stereocenters. The summed E-state index contributed by atoms with van der Waals surface area (Å²) in [4.78, 5) is 28.7. The first-order valence-electron chi connectivity index (χ1n) is 7.69. The minimum absolute atomic E-state index is 0.132. The van der Waals surface area contributed by atoms with Crippen LogP contribution in [0, 0.1) is 0 Å². The van der Waals surface area contributed by atoms with Crippen LogP contribution in [0.3, 0.4) is 0 Å². The number of nitrogens with zero attached hydrogens (tertiary/aromatic N) is 1. The zero-order valence-electron chi connectivity index (χ0n) is 13.0. The van der Waals surface area contributed by atoms with Crippen molar-refractivity contribution < 1.29 is 29.9 Å². The van der Waals surface area contributed by atoms with Gasteiger partial charge in [0.15, 0.2) is 6.04 Å². The van der Waals surface area contributed by atoms with Crippen LogP contribution in [0.5, 0.6) is 0 Å². The summed E-state index contributed by atoms with van der Waals surface area (Å²) in [5.74, 6) is -1.19. The number of nitrogens with one attached hydrogen (secondary N) is 1. The van der Waals surface area contributed by atoms with E-state index in [0.717, 1.165) is 38.6 Å². The zero-order chi connectivity index (χ0) is 16.9. The van der Waals surface area contributed by atoms with E-state index in [1.54, 1.807) is 12.2 Å². The van der Waals surface area contributed by atoms with Gasteiger partial charge in [-0.15, -0.1) is 0 Å². The molecule has 8 nitrogen and oxygen atoms in total. The molecular weight excluding hydrogens is 304 g/mol. The maximum Gasteiger partial charge on any atom is 0.330 e. The molecule has 0 bridgehead atoms. The number of allylic oxidation sites excluding steroid dienone is 2. The van der Waals surface area contributed by atoms with Gasteiger partial charge in [0, 0.05) is 12.6 Å². The van der Waals surface area contributed by atoms with Crippen molar-refractivity contribution in [3.8, 4) is 0 Å². The lowest BCUT2D eigenvalue weighted by molar-refractivity contribution is -0.492. The van der Waals surface area contributed by atoms with Gasteiger partial charge >= 0.3 is 5.97 Å².